The summed E-state index contributed by atoms with van der Waals surface area (Å²) in [5, 5.41) is 3.89. The van der Waals surface area contributed by atoms with Crippen LogP contribution >= 0.6 is 0 Å². The van der Waals surface area contributed by atoms with E-state index in [0.29, 0.717) is 0 Å². The fourth-order valence-corrected chi connectivity index (χ4v) is 4.62. The molecular weight excluding hydrogens is 256 g/mol. The molecule has 1 heterocycles. The largest absolute Gasteiger partial charge is 0.311 e. The summed E-state index contributed by atoms with van der Waals surface area (Å²) in [7, 11) is 0. The molecule has 3 aliphatic rings. The van der Waals surface area contributed by atoms with Crippen molar-refractivity contribution in [3.8, 4) is 0 Å². The first-order chi connectivity index (χ1) is 10.2. The lowest BCUT2D eigenvalue weighted by molar-refractivity contribution is 0.0649. The van der Waals surface area contributed by atoms with Gasteiger partial charge >= 0.3 is 0 Å². The molecule has 0 radical (unpaired) electrons. The molecule has 21 heavy (non-hydrogen) atoms. The van der Waals surface area contributed by atoms with Crippen LogP contribution in [0.15, 0.2) is 0 Å². The van der Waals surface area contributed by atoms with Gasteiger partial charge in [-0.1, -0.05) is 46.0 Å². The summed E-state index contributed by atoms with van der Waals surface area (Å²) < 4.78 is 0. The van der Waals surface area contributed by atoms with Crippen molar-refractivity contribution in [1.82, 2.24) is 10.2 Å². The number of nitrogens with one attached hydrogen (secondary N) is 1. The number of rotatable bonds is 6. The van der Waals surface area contributed by atoms with Crippen molar-refractivity contribution in [2.75, 3.05) is 19.6 Å². The van der Waals surface area contributed by atoms with Gasteiger partial charge in [0.1, 0.15) is 0 Å². The van der Waals surface area contributed by atoms with E-state index in [1.54, 1.807) is 0 Å². The van der Waals surface area contributed by atoms with Gasteiger partial charge in [0.05, 0.1) is 0 Å². The van der Waals surface area contributed by atoms with Gasteiger partial charge in [0.25, 0.3) is 0 Å². The van der Waals surface area contributed by atoms with Gasteiger partial charge in [-0.25, -0.2) is 0 Å². The van der Waals surface area contributed by atoms with Crippen LogP contribution < -0.4 is 5.32 Å². The van der Waals surface area contributed by atoms with Gasteiger partial charge in [-0.3, -0.25) is 4.90 Å². The molecule has 1 aliphatic heterocycles. The maximum atomic E-state index is 3.89. The van der Waals surface area contributed by atoms with Crippen LogP contribution in [0.1, 0.15) is 71.6 Å². The molecule has 2 saturated carbocycles. The van der Waals surface area contributed by atoms with Gasteiger partial charge in [-0.15, -0.1) is 0 Å². The summed E-state index contributed by atoms with van der Waals surface area (Å²) in [6.45, 7) is 8.67. The maximum Gasteiger partial charge on any atom is 0.0249 e. The molecule has 2 atom stereocenters. The Morgan fingerprint density at radius 1 is 1.05 bits per heavy atom. The van der Waals surface area contributed by atoms with Crippen LogP contribution in [0, 0.1) is 17.8 Å². The normalized spacial score (nSPS) is 32.7. The number of piperazine rings is 1. The molecule has 2 heteroatoms. The summed E-state index contributed by atoms with van der Waals surface area (Å²) in [6.07, 6.45) is 13.2. The van der Waals surface area contributed by atoms with Crippen LogP contribution in [0.2, 0.25) is 0 Å². The van der Waals surface area contributed by atoms with Crippen molar-refractivity contribution >= 4 is 0 Å². The molecule has 0 aromatic heterocycles. The predicted octanol–water partition coefficient (Wildman–Crippen LogP) is 4.06. The number of hydrogen-bond acceptors (Lipinski definition) is 2. The van der Waals surface area contributed by atoms with E-state index in [2.05, 4.69) is 24.1 Å². The van der Waals surface area contributed by atoms with Crippen molar-refractivity contribution in [2.24, 2.45) is 17.8 Å². The van der Waals surface area contributed by atoms with Crippen LogP contribution in [0.3, 0.4) is 0 Å². The second-order valence-corrected chi connectivity index (χ2v) is 8.43. The Bertz CT molecular complexity index is 305. The minimum absolute atomic E-state index is 0.740. The molecule has 3 rings (SSSR count). The molecular formula is C19H36N2. The van der Waals surface area contributed by atoms with Gasteiger partial charge in [0.15, 0.2) is 0 Å². The van der Waals surface area contributed by atoms with Crippen LogP contribution in [0.4, 0.5) is 0 Å². The summed E-state index contributed by atoms with van der Waals surface area (Å²) in [4.78, 5) is 2.90. The molecule has 0 aromatic carbocycles. The zero-order chi connectivity index (χ0) is 14.7. The van der Waals surface area contributed by atoms with E-state index in [1.165, 1.54) is 77.4 Å². The zero-order valence-electron chi connectivity index (χ0n) is 14.3. The van der Waals surface area contributed by atoms with Crippen molar-refractivity contribution in [3.63, 3.8) is 0 Å². The first-order valence-electron chi connectivity index (χ1n) is 9.70. The lowest BCUT2D eigenvalue weighted by Crippen LogP contribution is -2.59. The summed E-state index contributed by atoms with van der Waals surface area (Å²) in [5.41, 5.74) is 0. The highest BCUT2D eigenvalue weighted by Crippen LogP contribution is 2.35. The summed E-state index contributed by atoms with van der Waals surface area (Å²) in [5.74, 6) is 2.87. The van der Waals surface area contributed by atoms with Gasteiger partial charge < -0.3 is 5.32 Å². The quantitative estimate of drug-likeness (QED) is 0.794. The standard InChI is InChI=1S/C19H36N2/c1-15(2)12-18-14-21(11-10-16-8-9-16)19(13-20-18)17-6-4-3-5-7-17/h15-20H,3-14H2,1-2H3. The highest BCUT2D eigenvalue weighted by atomic mass is 15.2. The number of nitrogens with zero attached hydrogens (tertiary/aromatic N) is 1. The molecule has 3 fully saturated rings. The van der Waals surface area contributed by atoms with Crippen LogP contribution in [-0.4, -0.2) is 36.6 Å². The molecule has 2 aliphatic carbocycles. The SMILES string of the molecule is CC(C)CC1CN(CCC2CC2)C(C2CCCCC2)CN1. The van der Waals surface area contributed by atoms with E-state index in [0.717, 1.165) is 29.8 Å². The van der Waals surface area contributed by atoms with Gasteiger partial charge in [-0.05, 0) is 50.0 Å². The third-order valence-electron chi connectivity index (χ3n) is 6.01. The Balaban J connectivity index is 1.56. The monoisotopic (exact) mass is 292 g/mol. The van der Waals surface area contributed by atoms with Crippen molar-refractivity contribution in [1.29, 1.82) is 0 Å². The Morgan fingerprint density at radius 3 is 2.48 bits per heavy atom. The molecule has 2 unspecified atom stereocenters. The second-order valence-electron chi connectivity index (χ2n) is 8.43. The molecule has 0 aromatic rings. The highest BCUT2D eigenvalue weighted by Gasteiger charge is 2.34. The third kappa shape index (κ3) is 4.69. The Morgan fingerprint density at radius 2 is 1.81 bits per heavy atom. The van der Waals surface area contributed by atoms with Gasteiger partial charge in [0.2, 0.25) is 0 Å². The predicted molar refractivity (Wildman–Crippen MR) is 90.5 cm³/mol. The Kier molecular flexibility index (Phi) is 5.61. The van der Waals surface area contributed by atoms with E-state index >= 15 is 0 Å². The highest BCUT2D eigenvalue weighted by molar-refractivity contribution is 4.92. The summed E-state index contributed by atoms with van der Waals surface area (Å²) >= 11 is 0. The van der Waals surface area contributed by atoms with Crippen LogP contribution in [0.5, 0.6) is 0 Å². The van der Waals surface area contributed by atoms with Crippen molar-refractivity contribution < 1.29 is 0 Å². The molecule has 2 nitrogen and oxygen atoms in total. The minimum atomic E-state index is 0.740. The lowest BCUT2D eigenvalue weighted by atomic mass is 9.81. The molecule has 122 valence electrons. The van der Waals surface area contributed by atoms with Gasteiger partial charge in [-0.2, -0.15) is 0 Å². The molecule has 0 spiro atoms. The first-order valence-corrected chi connectivity index (χ1v) is 9.70. The smallest absolute Gasteiger partial charge is 0.0249 e. The van der Waals surface area contributed by atoms with E-state index < -0.39 is 0 Å². The zero-order valence-corrected chi connectivity index (χ0v) is 14.3. The average Bonchev–Trinajstić information content (AvgIpc) is 3.30. The van der Waals surface area contributed by atoms with E-state index in [9.17, 15) is 0 Å². The maximum absolute atomic E-state index is 3.89. The third-order valence-corrected chi connectivity index (χ3v) is 6.01. The fourth-order valence-electron chi connectivity index (χ4n) is 4.62. The number of hydrogen-bond donors (Lipinski definition) is 1. The van der Waals surface area contributed by atoms with E-state index in [1.807, 2.05) is 0 Å². The molecule has 0 amide bonds. The Hall–Kier alpha value is -0.0800. The molecule has 1 saturated heterocycles. The second kappa shape index (κ2) is 7.46. The average molecular weight is 293 g/mol. The molecule has 1 N–H and O–H groups in total. The Labute approximate surface area is 132 Å². The first kappa shape index (κ1) is 15.8. The topological polar surface area (TPSA) is 15.3 Å². The lowest BCUT2D eigenvalue weighted by Gasteiger charge is -2.45. The summed E-state index contributed by atoms with van der Waals surface area (Å²) in [6, 6.07) is 1.58. The van der Waals surface area contributed by atoms with Crippen LogP contribution in [0.25, 0.3) is 0 Å². The van der Waals surface area contributed by atoms with Crippen molar-refractivity contribution in [3.05, 3.63) is 0 Å². The molecule has 0 bridgehead atoms. The minimum Gasteiger partial charge on any atom is -0.311 e. The van der Waals surface area contributed by atoms with Crippen molar-refractivity contribution in [2.45, 2.75) is 83.7 Å². The van der Waals surface area contributed by atoms with E-state index in [4.69, 9.17) is 0 Å². The van der Waals surface area contributed by atoms with E-state index in [-0.39, 0.29) is 0 Å². The van der Waals surface area contributed by atoms with Crippen LogP contribution in [-0.2, 0) is 0 Å². The van der Waals surface area contributed by atoms with Gasteiger partial charge in [0, 0.05) is 25.2 Å². The fraction of sp³-hybridized carbons (Fsp3) is 1.00.